The lowest BCUT2D eigenvalue weighted by atomic mass is 9.97. The summed E-state index contributed by atoms with van der Waals surface area (Å²) in [6.07, 6.45) is 3.83. The number of anilines is 1. The van der Waals surface area contributed by atoms with Crippen LogP contribution in [0, 0.1) is 24.2 Å². The quantitative estimate of drug-likeness (QED) is 0.845. The van der Waals surface area contributed by atoms with Gasteiger partial charge in [-0.15, -0.1) is 0 Å². The number of nitriles is 1. The largest absolute Gasteiger partial charge is 0.480 e. The second-order valence-electron chi connectivity index (χ2n) is 5.42. The van der Waals surface area contributed by atoms with Crippen LogP contribution in [0.2, 0.25) is 0 Å². The first-order chi connectivity index (χ1) is 10.1. The third-order valence-corrected chi connectivity index (χ3v) is 3.78. The van der Waals surface area contributed by atoms with Gasteiger partial charge in [0, 0.05) is 25.8 Å². The van der Waals surface area contributed by atoms with E-state index >= 15 is 0 Å². The summed E-state index contributed by atoms with van der Waals surface area (Å²) in [5.74, 6) is 0.294. The van der Waals surface area contributed by atoms with E-state index in [2.05, 4.69) is 21.3 Å². The van der Waals surface area contributed by atoms with Crippen LogP contribution >= 0.6 is 0 Å². The molecule has 1 saturated heterocycles. The molecule has 1 aromatic rings. The Hall–Kier alpha value is -2.13. The van der Waals surface area contributed by atoms with Crippen molar-refractivity contribution >= 4 is 11.8 Å². The number of carboxylic acids is 1. The fourth-order valence-corrected chi connectivity index (χ4v) is 2.73. The van der Waals surface area contributed by atoms with Crippen LogP contribution in [-0.2, 0) is 4.79 Å². The predicted octanol–water partition coefficient (Wildman–Crippen LogP) is 1.15. The van der Waals surface area contributed by atoms with Crippen molar-refractivity contribution in [2.24, 2.45) is 5.92 Å². The highest BCUT2D eigenvalue weighted by molar-refractivity contribution is 5.69. The molecule has 2 heterocycles. The molecular formula is C15H20N4O2. The fourth-order valence-electron chi connectivity index (χ4n) is 2.73. The van der Waals surface area contributed by atoms with Crippen molar-refractivity contribution in [1.29, 1.82) is 5.26 Å². The summed E-state index contributed by atoms with van der Waals surface area (Å²) in [7, 11) is 0. The maximum Gasteiger partial charge on any atom is 0.317 e. The molecule has 0 amide bonds. The van der Waals surface area contributed by atoms with Gasteiger partial charge in [-0.25, -0.2) is 4.98 Å². The third kappa shape index (κ3) is 3.92. The monoisotopic (exact) mass is 288 g/mol. The minimum absolute atomic E-state index is 0.0113. The number of hydrogen-bond acceptors (Lipinski definition) is 5. The zero-order valence-corrected chi connectivity index (χ0v) is 12.2. The molecule has 0 aliphatic carbocycles. The van der Waals surface area contributed by atoms with Gasteiger partial charge in [-0.05, 0) is 37.3 Å². The van der Waals surface area contributed by atoms with Crippen LogP contribution in [0.15, 0.2) is 12.3 Å². The van der Waals surface area contributed by atoms with Gasteiger partial charge in [-0.2, -0.15) is 5.26 Å². The molecule has 6 heteroatoms. The smallest absolute Gasteiger partial charge is 0.317 e. The zero-order chi connectivity index (χ0) is 15.2. The number of aliphatic carboxylic acids is 1. The summed E-state index contributed by atoms with van der Waals surface area (Å²) in [6, 6.07) is 4.08. The lowest BCUT2D eigenvalue weighted by molar-refractivity contribution is -0.136. The summed E-state index contributed by atoms with van der Waals surface area (Å²) < 4.78 is 0. The molecule has 1 fully saturated rings. The molecule has 6 nitrogen and oxygen atoms in total. The van der Waals surface area contributed by atoms with E-state index in [9.17, 15) is 10.1 Å². The Morgan fingerprint density at radius 3 is 3.19 bits per heavy atom. The number of aromatic nitrogens is 1. The molecule has 0 bridgehead atoms. The zero-order valence-electron chi connectivity index (χ0n) is 12.2. The van der Waals surface area contributed by atoms with E-state index in [1.807, 2.05) is 13.0 Å². The molecule has 1 aromatic heterocycles. The molecule has 0 aromatic carbocycles. The lowest BCUT2D eigenvalue weighted by Gasteiger charge is -2.34. The molecule has 1 aliphatic rings. The molecular weight excluding hydrogens is 268 g/mol. The number of carbonyl (C=O) groups is 1. The molecule has 2 N–H and O–H groups in total. The lowest BCUT2D eigenvalue weighted by Crippen LogP contribution is -2.41. The molecule has 0 spiro atoms. The minimum atomic E-state index is -0.838. The molecule has 112 valence electrons. The van der Waals surface area contributed by atoms with E-state index in [0.29, 0.717) is 18.0 Å². The number of carboxylic acid groups (broad SMARTS) is 1. The summed E-state index contributed by atoms with van der Waals surface area (Å²) in [4.78, 5) is 17.0. The van der Waals surface area contributed by atoms with Gasteiger partial charge in [0.1, 0.15) is 11.9 Å². The highest BCUT2D eigenvalue weighted by atomic mass is 16.4. The Morgan fingerprint density at radius 2 is 2.48 bits per heavy atom. The number of rotatable bonds is 5. The van der Waals surface area contributed by atoms with E-state index in [0.717, 1.165) is 37.3 Å². The van der Waals surface area contributed by atoms with Crippen LogP contribution in [-0.4, -0.2) is 42.2 Å². The Labute approximate surface area is 124 Å². The first-order valence-electron chi connectivity index (χ1n) is 7.15. The number of pyridine rings is 1. The van der Waals surface area contributed by atoms with Gasteiger partial charge in [-0.3, -0.25) is 4.79 Å². The van der Waals surface area contributed by atoms with E-state index in [1.54, 1.807) is 6.20 Å². The van der Waals surface area contributed by atoms with Gasteiger partial charge in [0.05, 0.1) is 12.1 Å². The van der Waals surface area contributed by atoms with Gasteiger partial charge in [0.15, 0.2) is 0 Å². The van der Waals surface area contributed by atoms with Gasteiger partial charge in [0.2, 0.25) is 0 Å². The Bertz CT molecular complexity index is 553. The maximum absolute atomic E-state index is 10.5. The second-order valence-corrected chi connectivity index (χ2v) is 5.42. The van der Waals surface area contributed by atoms with E-state index in [1.165, 1.54) is 0 Å². The van der Waals surface area contributed by atoms with E-state index in [4.69, 9.17) is 5.11 Å². The van der Waals surface area contributed by atoms with Crippen molar-refractivity contribution in [3.05, 3.63) is 23.4 Å². The van der Waals surface area contributed by atoms with Crippen LogP contribution in [0.1, 0.15) is 24.0 Å². The Balaban J connectivity index is 2.03. The molecule has 0 saturated carbocycles. The van der Waals surface area contributed by atoms with Gasteiger partial charge >= 0.3 is 5.97 Å². The van der Waals surface area contributed by atoms with Crippen molar-refractivity contribution in [2.45, 2.75) is 19.8 Å². The summed E-state index contributed by atoms with van der Waals surface area (Å²) >= 11 is 0. The van der Waals surface area contributed by atoms with Gasteiger partial charge in [-0.1, -0.05) is 0 Å². The highest BCUT2D eigenvalue weighted by Gasteiger charge is 2.23. The van der Waals surface area contributed by atoms with Crippen molar-refractivity contribution < 1.29 is 9.90 Å². The number of nitrogens with zero attached hydrogens (tertiary/aromatic N) is 3. The number of piperidine rings is 1. The molecule has 21 heavy (non-hydrogen) atoms. The topological polar surface area (TPSA) is 89.2 Å². The molecule has 1 aliphatic heterocycles. The predicted molar refractivity (Wildman–Crippen MR) is 79.1 cm³/mol. The third-order valence-electron chi connectivity index (χ3n) is 3.78. The normalized spacial score (nSPS) is 18.3. The van der Waals surface area contributed by atoms with Crippen LogP contribution in [0.3, 0.4) is 0 Å². The van der Waals surface area contributed by atoms with Gasteiger partial charge in [0.25, 0.3) is 0 Å². The van der Waals surface area contributed by atoms with E-state index in [-0.39, 0.29) is 6.54 Å². The Kier molecular flexibility index (Phi) is 5.12. The number of aryl methyl sites for hydroxylation is 1. The molecule has 0 radical (unpaired) electrons. The summed E-state index contributed by atoms with van der Waals surface area (Å²) in [6.45, 7) is 4.27. The van der Waals surface area contributed by atoms with Crippen LogP contribution in [0.25, 0.3) is 0 Å². The average Bonchev–Trinajstić information content (AvgIpc) is 2.47. The van der Waals surface area contributed by atoms with Crippen molar-refractivity contribution in [3.8, 4) is 6.07 Å². The fraction of sp³-hybridized carbons (Fsp3) is 0.533. The standard InChI is InChI=1S/C15H20N4O2/c1-11-4-5-18-15(13(11)7-16)19-6-2-3-12(10-19)8-17-9-14(20)21/h4-5,12,17H,2-3,6,8-10H2,1H3,(H,20,21). The second kappa shape index (κ2) is 7.04. The van der Waals surface area contributed by atoms with E-state index < -0.39 is 5.97 Å². The van der Waals surface area contributed by atoms with Gasteiger partial charge < -0.3 is 15.3 Å². The minimum Gasteiger partial charge on any atom is -0.480 e. The highest BCUT2D eigenvalue weighted by Crippen LogP contribution is 2.25. The molecule has 2 rings (SSSR count). The summed E-state index contributed by atoms with van der Waals surface area (Å²) in [5, 5.41) is 20.9. The van der Waals surface area contributed by atoms with Crippen LogP contribution in [0.4, 0.5) is 5.82 Å². The van der Waals surface area contributed by atoms with Crippen LogP contribution < -0.4 is 10.2 Å². The van der Waals surface area contributed by atoms with Crippen molar-refractivity contribution in [1.82, 2.24) is 10.3 Å². The van der Waals surface area contributed by atoms with Crippen molar-refractivity contribution in [3.63, 3.8) is 0 Å². The Morgan fingerprint density at radius 1 is 1.67 bits per heavy atom. The first kappa shape index (κ1) is 15.3. The van der Waals surface area contributed by atoms with Crippen molar-refractivity contribution in [2.75, 3.05) is 31.1 Å². The maximum atomic E-state index is 10.5. The summed E-state index contributed by atoms with van der Waals surface area (Å²) in [5.41, 5.74) is 1.57. The number of nitrogens with one attached hydrogen (secondary N) is 1. The average molecular weight is 288 g/mol. The molecule has 1 unspecified atom stereocenters. The SMILES string of the molecule is Cc1ccnc(N2CCCC(CNCC(=O)O)C2)c1C#N. The van der Waals surface area contributed by atoms with Crippen LogP contribution in [0.5, 0.6) is 0 Å². The first-order valence-corrected chi connectivity index (χ1v) is 7.15. The molecule has 1 atom stereocenters. The number of hydrogen-bond donors (Lipinski definition) is 2.